The van der Waals surface area contributed by atoms with Crippen molar-refractivity contribution in [2.75, 3.05) is 19.8 Å². The molecule has 1 aliphatic rings. The van der Waals surface area contributed by atoms with Crippen LogP contribution < -0.4 is 5.32 Å². The largest absolute Gasteiger partial charge is 0.378 e. The molecular weight excluding hydrogens is 190 g/mol. The molecule has 1 atom stereocenters. The van der Waals surface area contributed by atoms with Crippen molar-refractivity contribution in [3.8, 4) is 0 Å². The average Bonchev–Trinajstić information content (AvgIpc) is 2.53. The number of aromatic nitrogens is 2. The van der Waals surface area contributed by atoms with Gasteiger partial charge in [0.25, 0.3) is 0 Å². The first-order valence-corrected chi connectivity index (χ1v) is 4.16. The fraction of sp³-hybridized carbons (Fsp3) is 0.625. The lowest BCUT2D eigenvalue weighted by molar-refractivity contribution is 0.0734. The Hall–Kier alpha value is -0.580. The van der Waals surface area contributed by atoms with Gasteiger partial charge in [-0.1, -0.05) is 0 Å². The lowest BCUT2D eigenvalue weighted by atomic mass is 10.2. The van der Waals surface area contributed by atoms with Crippen LogP contribution in [0.1, 0.15) is 11.9 Å². The minimum Gasteiger partial charge on any atom is -0.378 e. The van der Waals surface area contributed by atoms with Crippen LogP contribution in [0.5, 0.6) is 0 Å². The molecular formula is C8H14ClN3O. The van der Waals surface area contributed by atoms with Crippen molar-refractivity contribution in [2.45, 2.75) is 6.04 Å². The molecule has 1 fully saturated rings. The summed E-state index contributed by atoms with van der Waals surface area (Å²) in [7, 11) is 2.00. The zero-order chi connectivity index (χ0) is 8.39. The number of nitrogens with zero attached hydrogens (tertiary/aromatic N) is 2. The minimum atomic E-state index is 0. The van der Waals surface area contributed by atoms with Crippen LogP contribution in [-0.4, -0.2) is 29.3 Å². The van der Waals surface area contributed by atoms with Crippen LogP contribution in [0, 0.1) is 0 Å². The second-order valence-electron chi connectivity index (χ2n) is 2.98. The van der Waals surface area contributed by atoms with Gasteiger partial charge < -0.3 is 14.6 Å². The van der Waals surface area contributed by atoms with E-state index in [1.54, 1.807) is 0 Å². The Bertz CT molecular complexity index is 258. The first kappa shape index (κ1) is 10.5. The molecule has 0 amide bonds. The predicted molar refractivity (Wildman–Crippen MR) is 52.0 cm³/mol. The fourth-order valence-electron chi connectivity index (χ4n) is 1.44. The topological polar surface area (TPSA) is 39.1 Å². The molecule has 74 valence electrons. The maximum absolute atomic E-state index is 5.35. The number of hydrogen-bond acceptors (Lipinski definition) is 3. The number of nitrogens with one attached hydrogen (secondary N) is 1. The zero-order valence-electron chi connectivity index (χ0n) is 7.56. The van der Waals surface area contributed by atoms with Crippen LogP contribution in [0.25, 0.3) is 0 Å². The highest BCUT2D eigenvalue weighted by atomic mass is 35.5. The molecule has 1 saturated heterocycles. The van der Waals surface area contributed by atoms with Gasteiger partial charge in [-0.2, -0.15) is 0 Å². The molecule has 2 rings (SSSR count). The Morgan fingerprint density at radius 3 is 3.08 bits per heavy atom. The van der Waals surface area contributed by atoms with Crippen molar-refractivity contribution >= 4 is 12.4 Å². The van der Waals surface area contributed by atoms with Gasteiger partial charge in [0.05, 0.1) is 19.3 Å². The Balaban J connectivity index is 0.000000845. The normalized spacial score (nSPS) is 22.4. The van der Waals surface area contributed by atoms with E-state index in [9.17, 15) is 0 Å². The molecule has 1 unspecified atom stereocenters. The standard InChI is InChI=1S/C8H13N3O.ClH/c1-11-4-2-10-8(11)7-6-12-5-3-9-7;/h2,4,7,9H,3,5-6H2,1H3;1H. The molecule has 0 saturated carbocycles. The van der Waals surface area contributed by atoms with Crippen LogP contribution >= 0.6 is 12.4 Å². The summed E-state index contributed by atoms with van der Waals surface area (Å²) in [5.74, 6) is 1.05. The van der Waals surface area contributed by atoms with E-state index in [2.05, 4.69) is 10.3 Å². The molecule has 0 bridgehead atoms. The zero-order valence-corrected chi connectivity index (χ0v) is 8.38. The third-order valence-corrected chi connectivity index (χ3v) is 2.09. The third-order valence-electron chi connectivity index (χ3n) is 2.09. The Morgan fingerprint density at radius 2 is 2.54 bits per heavy atom. The van der Waals surface area contributed by atoms with Crippen LogP contribution in [0.2, 0.25) is 0 Å². The van der Waals surface area contributed by atoms with E-state index in [4.69, 9.17) is 4.74 Å². The van der Waals surface area contributed by atoms with E-state index in [-0.39, 0.29) is 18.4 Å². The van der Waals surface area contributed by atoms with Crippen LogP contribution in [0.4, 0.5) is 0 Å². The molecule has 13 heavy (non-hydrogen) atoms. The van der Waals surface area contributed by atoms with E-state index in [1.807, 2.05) is 24.0 Å². The van der Waals surface area contributed by atoms with Gasteiger partial charge in [0.1, 0.15) is 5.82 Å². The minimum absolute atomic E-state index is 0. The highest BCUT2D eigenvalue weighted by Crippen LogP contribution is 2.11. The van der Waals surface area contributed by atoms with Crippen molar-refractivity contribution in [3.05, 3.63) is 18.2 Å². The lowest BCUT2D eigenvalue weighted by Crippen LogP contribution is -2.36. The van der Waals surface area contributed by atoms with Gasteiger partial charge in [0, 0.05) is 26.0 Å². The van der Waals surface area contributed by atoms with Gasteiger partial charge in [0.15, 0.2) is 0 Å². The summed E-state index contributed by atoms with van der Waals surface area (Å²) in [6.07, 6.45) is 3.76. The first-order valence-electron chi connectivity index (χ1n) is 4.16. The molecule has 2 heterocycles. The van der Waals surface area contributed by atoms with E-state index < -0.39 is 0 Å². The Labute approximate surface area is 83.7 Å². The Kier molecular flexibility index (Phi) is 3.71. The summed E-state index contributed by atoms with van der Waals surface area (Å²) in [6, 6.07) is 0.263. The van der Waals surface area contributed by atoms with Crippen LogP contribution in [-0.2, 0) is 11.8 Å². The van der Waals surface area contributed by atoms with Crippen molar-refractivity contribution in [2.24, 2.45) is 7.05 Å². The molecule has 4 nitrogen and oxygen atoms in total. The molecule has 1 N–H and O–H groups in total. The molecule has 1 aliphatic heterocycles. The number of rotatable bonds is 1. The fourth-order valence-corrected chi connectivity index (χ4v) is 1.44. The summed E-state index contributed by atoms with van der Waals surface area (Å²) in [5, 5.41) is 3.35. The maximum atomic E-state index is 5.35. The number of ether oxygens (including phenoxy) is 1. The van der Waals surface area contributed by atoms with Crippen LogP contribution in [0.3, 0.4) is 0 Å². The number of imidazole rings is 1. The summed E-state index contributed by atoms with van der Waals surface area (Å²) >= 11 is 0. The van der Waals surface area contributed by atoms with E-state index in [0.29, 0.717) is 0 Å². The van der Waals surface area contributed by atoms with E-state index >= 15 is 0 Å². The second-order valence-corrected chi connectivity index (χ2v) is 2.98. The molecule has 0 spiro atoms. The van der Waals surface area contributed by atoms with Crippen molar-refractivity contribution < 1.29 is 4.74 Å². The van der Waals surface area contributed by atoms with E-state index in [0.717, 1.165) is 25.6 Å². The second kappa shape index (κ2) is 4.60. The Morgan fingerprint density at radius 1 is 1.69 bits per heavy atom. The highest BCUT2D eigenvalue weighted by molar-refractivity contribution is 5.85. The molecule has 1 aromatic heterocycles. The van der Waals surface area contributed by atoms with Crippen molar-refractivity contribution in [1.82, 2.24) is 14.9 Å². The van der Waals surface area contributed by atoms with Gasteiger partial charge in [-0.15, -0.1) is 12.4 Å². The average molecular weight is 204 g/mol. The van der Waals surface area contributed by atoms with Crippen molar-refractivity contribution in [1.29, 1.82) is 0 Å². The summed E-state index contributed by atoms with van der Waals surface area (Å²) in [4.78, 5) is 4.26. The quantitative estimate of drug-likeness (QED) is 0.723. The summed E-state index contributed by atoms with van der Waals surface area (Å²) < 4.78 is 7.37. The number of halogens is 1. The number of hydrogen-bond donors (Lipinski definition) is 1. The summed E-state index contributed by atoms with van der Waals surface area (Å²) in [5.41, 5.74) is 0. The molecule has 5 heteroatoms. The van der Waals surface area contributed by atoms with Gasteiger partial charge in [-0.25, -0.2) is 4.98 Å². The third kappa shape index (κ3) is 2.21. The van der Waals surface area contributed by atoms with Gasteiger partial charge in [-0.3, -0.25) is 0 Å². The molecule has 0 radical (unpaired) electrons. The smallest absolute Gasteiger partial charge is 0.127 e. The molecule has 0 aliphatic carbocycles. The van der Waals surface area contributed by atoms with E-state index in [1.165, 1.54) is 0 Å². The lowest BCUT2D eigenvalue weighted by Gasteiger charge is -2.23. The number of morpholine rings is 1. The molecule has 1 aromatic rings. The van der Waals surface area contributed by atoms with Crippen molar-refractivity contribution in [3.63, 3.8) is 0 Å². The maximum Gasteiger partial charge on any atom is 0.127 e. The van der Waals surface area contributed by atoms with Crippen LogP contribution in [0.15, 0.2) is 12.4 Å². The first-order chi connectivity index (χ1) is 5.88. The number of aryl methyl sites for hydroxylation is 1. The van der Waals surface area contributed by atoms with Gasteiger partial charge in [-0.05, 0) is 0 Å². The monoisotopic (exact) mass is 203 g/mol. The summed E-state index contributed by atoms with van der Waals surface area (Å²) in [6.45, 7) is 2.45. The SMILES string of the molecule is Cl.Cn1ccnc1C1COCCN1. The highest BCUT2D eigenvalue weighted by Gasteiger charge is 2.18. The predicted octanol–water partition coefficient (Wildman–Crippen LogP) is 0.503. The molecule has 0 aromatic carbocycles. The van der Waals surface area contributed by atoms with Gasteiger partial charge >= 0.3 is 0 Å². The van der Waals surface area contributed by atoms with Gasteiger partial charge in [0.2, 0.25) is 0 Å².